The Bertz CT molecular complexity index is 152. The van der Waals surface area contributed by atoms with E-state index in [1.165, 1.54) is 10.7 Å². The van der Waals surface area contributed by atoms with Gasteiger partial charge in [0.05, 0.1) is 12.7 Å². The van der Waals surface area contributed by atoms with Crippen LogP contribution in [-0.4, -0.2) is 12.4 Å². The average molecular weight is 252 g/mol. The molecule has 3 heteroatoms. The molecule has 1 atom stereocenters. The summed E-state index contributed by atoms with van der Waals surface area (Å²) in [5.41, 5.74) is 0. The Balaban J connectivity index is 0.000000810. The molecule has 1 unspecified atom stereocenters. The van der Waals surface area contributed by atoms with Gasteiger partial charge in [0.25, 0.3) is 0 Å². The van der Waals surface area contributed by atoms with Crippen molar-refractivity contribution in [2.24, 2.45) is 4.99 Å². The smallest absolute Gasteiger partial charge is 0.205 e. The van der Waals surface area contributed by atoms with Crippen molar-refractivity contribution in [2.75, 3.05) is 6.54 Å². The molecule has 0 aromatic carbocycles. The van der Waals surface area contributed by atoms with Gasteiger partial charge in [0.1, 0.15) is 6.20 Å². The van der Waals surface area contributed by atoms with E-state index in [4.69, 9.17) is 0 Å². The first kappa shape index (κ1) is 10.1. The Morgan fingerprint density at radius 3 is 2.60 bits per heavy atom. The van der Waals surface area contributed by atoms with Gasteiger partial charge in [-0.25, -0.2) is 4.99 Å². The van der Waals surface area contributed by atoms with Crippen LogP contribution in [0, 0.1) is 0 Å². The van der Waals surface area contributed by atoms with E-state index in [1.807, 2.05) is 6.20 Å². The highest BCUT2D eigenvalue weighted by Crippen LogP contribution is 1.84. The van der Waals surface area contributed by atoms with Crippen LogP contribution in [0.1, 0.15) is 20.3 Å². The van der Waals surface area contributed by atoms with Gasteiger partial charge in [-0.15, -0.1) is 0 Å². The van der Waals surface area contributed by atoms with Crippen molar-refractivity contribution >= 4 is 5.84 Å². The maximum atomic E-state index is 4.21. The molecule has 0 amide bonds. The zero-order valence-electron chi connectivity index (χ0n) is 6.39. The largest absolute Gasteiger partial charge is 1.00 e. The van der Waals surface area contributed by atoms with E-state index < -0.39 is 0 Å². The first-order valence-electron chi connectivity index (χ1n) is 3.48. The second kappa shape index (κ2) is 4.85. The Hall–Kier alpha value is 0.1000. The number of nitrogens with zero attached hydrogens (tertiary/aromatic N) is 1. The van der Waals surface area contributed by atoms with E-state index >= 15 is 0 Å². The summed E-state index contributed by atoms with van der Waals surface area (Å²) in [6.07, 6.45) is 5.05. The normalized spacial score (nSPS) is 22.2. The van der Waals surface area contributed by atoms with Crippen LogP contribution in [-0.2, 0) is 0 Å². The molecule has 0 aliphatic carbocycles. The van der Waals surface area contributed by atoms with E-state index in [9.17, 15) is 0 Å². The highest BCUT2D eigenvalue weighted by molar-refractivity contribution is 5.75. The van der Waals surface area contributed by atoms with Crippen LogP contribution in [0.2, 0.25) is 0 Å². The number of halogens is 1. The predicted molar refractivity (Wildman–Crippen MR) is 38.4 cm³/mol. The molecular formula is C7H13IN2. The second-order valence-electron chi connectivity index (χ2n) is 2.12. The number of nitrogens with one attached hydrogen (secondary N) is 1. The highest BCUT2D eigenvalue weighted by Gasteiger charge is 2.12. The summed E-state index contributed by atoms with van der Waals surface area (Å²) in [5.74, 6) is 1.26. The molecule has 0 fully saturated rings. The summed E-state index contributed by atoms with van der Waals surface area (Å²) in [6, 6.07) is 0. The van der Waals surface area contributed by atoms with Gasteiger partial charge in [-0.05, 0) is 6.92 Å². The minimum atomic E-state index is 0. The summed E-state index contributed by atoms with van der Waals surface area (Å²) in [5, 5.41) is 0. The summed E-state index contributed by atoms with van der Waals surface area (Å²) in [7, 11) is 0. The standard InChI is InChI=1S/C7H12N2.HI/c1-3-7-8-5-6-9(7)4-2;/h5-6H,3-4H2,1-2H3;1H. The fourth-order valence-corrected chi connectivity index (χ4v) is 1.04. The van der Waals surface area contributed by atoms with Crippen molar-refractivity contribution in [2.45, 2.75) is 20.3 Å². The first-order chi connectivity index (χ1) is 4.38. The van der Waals surface area contributed by atoms with Gasteiger partial charge in [-0.1, -0.05) is 6.92 Å². The topological polar surface area (TPSA) is 16.8 Å². The number of hydrogen-bond acceptors (Lipinski definition) is 1. The van der Waals surface area contributed by atoms with Gasteiger partial charge < -0.3 is 24.0 Å². The van der Waals surface area contributed by atoms with E-state index in [-0.39, 0.29) is 24.0 Å². The third-order valence-corrected chi connectivity index (χ3v) is 1.59. The molecule has 0 aromatic heterocycles. The quantitative estimate of drug-likeness (QED) is 0.511. The van der Waals surface area contributed by atoms with Gasteiger partial charge in [-0.2, -0.15) is 0 Å². The molecule has 1 aliphatic rings. The fourth-order valence-electron chi connectivity index (χ4n) is 1.04. The minimum Gasteiger partial charge on any atom is -1.00 e. The summed E-state index contributed by atoms with van der Waals surface area (Å²) in [4.78, 5) is 5.61. The summed E-state index contributed by atoms with van der Waals surface area (Å²) < 4.78 is 0. The summed E-state index contributed by atoms with van der Waals surface area (Å²) in [6.45, 7) is 5.42. The number of quaternary nitrogens is 1. The Morgan fingerprint density at radius 2 is 2.20 bits per heavy atom. The van der Waals surface area contributed by atoms with Crippen LogP contribution in [0.5, 0.6) is 0 Å². The second-order valence-corrected chi connectivity index (χ2v) is 2.12. The van der Waals surface area contributed by atoms with Crippen molar-refractivity contribution in [3.05, 3.63) is 12.4 Å². The van der Waals surface area contributed by atoms with Crippen molar-refractivity contribution in [3.63, 3.8) is 0 Å². The lowest BCUT2D eigenvalue weighted by Crippen LogP contribution is -3.08. The lowest BCUT2D eigenvalue weighted by molar-refractivity contribution is -0.743. The predicted octanol–water partition coefficient (Wildman–Crippen LogP) is -2.81. The van der Waals surface area contributed by atoms with Crippen molar-refractivity contribution < 1.29 is 28.9 Å². The molecule has 1 heterocycles. The van der Waals surface area contributed by atoms with Gasteiger partial charge in [0, 0.05) is 6.42 Å². The van der Waals surface area contributed by atoms with E-state index in [0.717, 1.165) is 13.0 Å². The Labute approximate surface area is 79.0 Å². The zero-order chi connectivity index (χ0) is 6.69. The molecule has 1 rings (SSSR count). The third kappa shape index (κ3) is 2.05. The van der Waals surface area contributed by atoms with Gasteiger partial charge in [0.2, 0.25) is 5.84 Å². The van der Waals surface area contributed by atoms with Crippen LogP contribution in [0.3, 0.4) is 0 Å². The van der Waals surface area contributed by atoms with Crippen molar-refractivity contribution in [1.29, 1.82) is 0 Å². The first-order valence-corrected chi connectivity index (χ1v) is 3.48. The van der Waals surface area contributed by atoms with Crippen LogP contribution in [0.15, 0.2) is 17.4 Å². The molecule has 2 nitrogen and oxygen atoms in total. The maximum Gasteiger partial charge on any atom is 0.205 e. The zero-order valence-corrected chi connectivity index (χ0v) is 8.55. The summed E-state index contributed by atoms with van der Waals surface area (Å²) >= 11 is 0. The lowest BCUT2D eigenvalue weighted by Gasteiger charge is -2.06. The van der Waals surface area contributed by atoms with E-state index in [0.29, 0.717) is 0 Å². The number of aliphatic imine (C=N–C) groups is 1. The molecule has 1 aliphatic heterocycles. The van der Waals surface area contributed by atoms with Crippen LogP contribution < -0.4 is 28.9 Å². The highest BCUT2D eigenvalue weighted by atomic mass is 127. The molecular weight excluding hydrogens is 239 g/mol. The molecule has 0 spiro atoms. The molecule has 10 heavy (non-hydrogen) atoms. The number of amidine groups is 1. The molecule has 58 valence electrons. The molecule has 1 N–H and O–H groups in total. The van der Waals surface area contributed by atoms with Crippen LogP contribution >= 0.6 is 0 Å². The Kier molecular flexibility index (Phi) is 4.89. The van der Waals surface area contributed by atoms with Crippen LogP contribution in [0.4, 0.5) is 0 Å². The van der Waals surface area contributed by atoms with Crippen molar-refractivity contribution in [3.8, 4) is 0 Å². The monoisotopic (exact) mass is 252 g/mol. The van der Waals surface area contributed by atoms with Crippen LogP contribution in [0.25, 0.3) is 0 Å². The molecule has 0 saturated heterocycles. The fraction of sp³-hybridized carbons (Fsp3) is 0.571. The maximum absolute atomic E-state index is 4.21. The molecule has 0 aromatic rings. The number of rotatable bonds is 2. The van der Waals surface area contributed by atoms with E-state index in [1.54, 1.807) is 0 Å². The molecule has 0 bridgehead atoms. The van der Waals surface area contributed by atoms with E-state index in [2.05, 4.69) is 25.0 Å². The average Bonchev–Trinajstić information content (AvgIpc) is 2.33. The minimum absolute atomic E-state index is 0. The molecule has 0 radical (unpaired) electrons. The number of hydrogen-bond donors (Lipinski definition) is 1. The van der Waals surface area contributed by atoms with Gasteiger partial charge >= 0.3 is 0 Å². The Morgan fingerprint density at radius 1 is 1.50 bits per heavy atom. The van der Waals surface area contributed by atoms with Crippen molar-refractivity contribution in [1.82, 2.24) is 0 Å². The lowest BCUT2D eigenvalue weighted by atomic mass is 10.4. The van der Waals surface area contributed by atoms with Gasteiger partial charge in [0.15, 0.2) is 0 Å². The third-order valence-electron chi connectivity index (χ3n) is 1.59. The van der Waals surface area contributed by atoms with Gasteiger partial charge in [-0.3, -0.25) is 4.90 Å². The SMILES string of the molecule is CCC1=NC=C[NH+]1CC.[I-]. The molecule has 0 saturated carbocycles.